The van der Waals surface area contributed by atoms with Crippen LogP contribution in [0.25, 0.3) is 0 Å². The van der Waals surface area contributed by atoms with Crippen molar-refractivity contribution >= 4 is 19.6 Å². The van der Waals surface area contributed by atoms with Gasteiger partial charge in [-0.1, -0.05) is 0 Å². The lowest BCUT2D eigenvalue weighted by Gasteiger charge is -2.16. The fourth-order valence-corrected chi connectivity index (χ4v) is 1.41. The Bertz CT molecular complexity index is 53.7. The summed E-state index contributed by atoms with van der Waals surface area (Å²) in [6.07, 6.45) is 0. The summed E-state index contributed by atoms with van der Waals surface area (Å²) < 4.78 is 5.16. The van der Waals surface area contributed by atoms with E-state index in [-0.39, 0.29) is 0 Å². The monoisotopic (exact) mass is 116 g/mol. The van der Waals surface area contributed by atoms with Gasteiger partial charge in [-0.25, -0.2) is 0 Å². The zero-order valence-corrected chi connectivity index (χ0v) is 5.33. The summed E-state index contributed by atoms with van der Waals surface area (Å²) in [5.41, 5.74) is 0. The fourth-order valence-electron chi connectivity index (χ4n) is 0.606. The molecule has 1 heterocycles. The Balaban J connectivity index is 2.12. The molecular formula is C4H9BOS. The molecule has 0 aromatic rings. The maximum Gasteiger partial charge on any atom is 0.121 e. The Morgan fingerprint density at radius 3 is 2.86 bits per heavy atom. The van der Waals surface area contributed by atoms with E-state index in [9.17, 15) is 0 Å². The van der Waals surface area contributed by atoms with Gasteiger partial charge in [0, 0.05) is 5.75 Å². The van der Waals surface area contributed by atoms with E-state index in [1.807, 2.05) is 11.8 Å². The number of hydrogen-bond acceptors (Lipinski definition) is 2. The highest BCUT2D eigenvalue weighted by Gasteiger charge is 2.06. The first-order valence-corrected chi connectivity index (χ1v) is 3.64. The van der Waals surface area contributed by atoms with Crippen molar-refractivity contribution in [3.63, 3.8) is 0 Å². The van der Waals surface area contributed by atoms with E-state index in [1.165, 1.54) is 5.75 Å². The molecular weight excluding hydrogens is 107 g/mol. The quantitative estimate of drug-likeness (QED) is 0.402. The van der Waals surface area contributed by atoms with Gasteiger partial charge in [0.25, 0.3) is 0 Å². The van der Waals surface area contributed by atoms with Crippen LogP contribution in [0.15, 0.2) is 0 Å². The van der Waals surface area contributed by atoms with Gasteiger partial charge in [-0.2, -0.15) is 11.8 Å². The Labute approximate surface area is 49.2 Å². The molecule has 0 aromatic heterocycles. The predicted octanol–water partition coefficient (Wildman–Crippen LogP) is -0.291. The van der Waals surface area contributed by atoms with E-state index < -0.39 is 0 Å². The number of hydrogen-bond donors (Lipinski definition) is 0. The van der Waals surface area contributed by atoms with Crippen LogP contribution in [0.2, 0.25) is 0 Å². The van der Waals surface area contributed by atoms with E-state index in [0.29, 0.717) is 0 Å². The van der Waals surface area contributed by atoms with Crippen molar-refractivity contribution in [2.24, 2.45) is 0 Å². The highest BCUT2D eigenvalue weighted by atomic mass is 32.2. The van der Waals surface area contributed by atoms with Crippen molar-refractivity contribution in [2.45, 2.75) is 5.15 Å². The van der Waals surface area contributed by atoms with E-state index in [2.05, 4.69) is 7.85 Å². The van der Waals surface area contributed by atoms with E-state index >= 15 is 0 Å². The summed E-state index contributed by atoms with van der Waals surface area (Å²) >= 11 is 1.99. The lowest BCUT2D eigenvalue weighted by molar-refractivity contribution is 0.155. The van der Waals surface area contributed by atoms with Crippen LogP contribution in [0.4, 0.5) is 0 Å². The zero-order valence-electron chi connectivity index (χ0n) is 4.52. The van der Waals surface area contributed by atoms with Crippen LogP contribution >= 0.6 is 11.8 Å². The van der Waals surface area contributed by atoms with Crippen molar-refractivity contribution < 1.29 is 4.74 Å². The van der Waals surface area contributed by atoms with Gasteiger partial charge in [-0.05, 0) is 5.15 Å². The van der Waals surface area contributed by atoms with Crippen LogP contribution in [0.5, 0.6) is 0 Å². The third-order valence-corrected chi connectivity index (χ3v) is 2.09. The van der Waals surface area contributed by atoms with Crippen LogP contribution in [-0.2, 0) is 4.74 Å². The summed E-state index contributed by atoms with van der Waals surface area (Å²) in [6.45, 7) is 1.90. The van der Waals surface area contributed by atoms with Crippen molar-refractivity contribution in [1.29, 1.82) is 0 Å². The minimum absolute atomic E-state index is 0.730. The van der Waals surface area contributed by atoms with Crippen LogP contribution in [0.3, 0.4) is 0 Å². The molecule has 1 nitrogen and oxygen atoms in total. The van der Waals surface area contributed by atoms with Gasteiger partial charge in [-0.3, -0.25) is 0 Å². The highest BCUT2D eigenvalue weighted by molar-refractivity contribution is 8.01. The first kappa shape index (κ1) is 5.51. The Morgan fingerprint density at radius 2 is 2.57 bits per heavy atom. The largest absolute Gasteiger partial charge is 0.380 e. The topological polar surface area (TPSA) is 9.23 Å². The smallest absolute Gasteiger partial charge is 0.121 e. The molecule has 0 amide bonds. The van der Waals surface area contributed by atoms with Gasteiger partial charge in [0.2, 0.25) is 0 Å². The first-order chi connectivity index (χ1) is 3.39. The fraction of sp³-hybridized carbons (Fsp3) is 1.00. The molecule has 7 heavy (non-hydrogen) atoms. The molecule has 1 unspecified atom stereocenters. The lowest BCUT2D eigenvalue weighted by atomic mass is 10.1. The normalized spacial score (nSPS) is 32.9. The van der Waals surface area contributed by atoms with Crippen molar-refractivity contribution in [3.8, 4) is 0 Å². The highest BCUT2D eigenvalue weighted by Crippen LogP contribution is 2.11. The summed E-state index contributed by atoms with van der Waals surface area (Å²) in [7, 11) is 2.20. The van der Waals surface area contributed by atoms with Gasteiger partial charge in [0.1, 0.15) is 7.85 Å². The molecule has 0 bridgehead atoms. The standard InChI is InChI=1S/C4H9BOS/c5-4-3-6-1-2-7-4/h4H,1-3,5H2. The minimum atomic E-state index is 0.730. The summed E-state index contributed by atoms with van der Waals surface area (Å²) in [5, 5.41) is 0.730. The van der Waals surface area contributed by atoms with Crippen molar-refractivity contribution in [3.05, 3.63) is 0 Å². The van der Waals surface area contributed by atoms with Crippen LogP contribution in [-0.4, -0.2) is 32.0 Å². The molecule has 0 spiro atoms. The number of ether oxygens (including phenoxy) is 1. The van der Waals surface area contributed by atoms with E-state index in [0.717, 1.165) is 18.4 Å². The van der Waals surface area contributed by atoms with Crippen LogP contribution < -0.4 is 0 Å². The van der Waals surface area contributed by atoms with Gasteiger partial charge >= 0.3 is 0 Å². The molecule has 1 aliphatic rings. The van der Waals surface area contributed by atoms with Gasteiger partial charge in [-0.15, -0.1) is 0 Å². The average Bonchev–Trinajstić information content (AvgIpc) is 1.69. The summed E-state index contributed by atoms with van der Waals surface area (Å²) in [6, 6.07) is 0. The molecule has 1 fully saturated rings. The second-order valence-electron chi connectivity index (χ2n) is 1.76. The maximum atomic E-state index is 5.16. The Hall–Kier alpha value is 0.375. The Kier molecular flexibility index (Phi) is 2.07. The third-order valence-electron chi connectivity index (χ3n) is 0.983. The molecule has 1 saturated heterocycles. The van der Waals surface area contributed by atoms with E-state index in [4.69, 9.17) is 4.74 Å². The SMILES string of the molecule is BC1COCCS1. The van der Waals surface area contributed by atoms with Crippen molar-refractivity contribution in [2.75, 3.05) is 19.0 Å². The third kappa shape index (κ3) is 1.74. The minimum Gasteiger partial charge on any atom is -0.380 e. The first-order valence-electron chi connectivity index (χ1n) is 2.59. The lowest BCUT2D eigenvalue weighted by Crippen LogP contribution is -2.19. The molecule has 1 rings (SSSR count). The molecule has 3 heteroatoms. The molecule has 0 N–H and O–H groups in total. The van der Waals surface area contributed by atoms with Gasteiger partial charge in [0.05, 0.1) is 13.2 Å². The van der Waals surface area contributed by atoms with Gasteiger partial charge < -0.3 is 4.74 Å². The van der Waals surface area contributed by atoms with Crippen molar-refractivity contribution in [1.82, 2.24) is 0 Å². The number of thioether (sulfide) groups is 1. The second-order valence-corrected chi connectivity index (χ2v) is 3.30. The molecule has 0 radical (unpaired) electrons. The average molecular weight is 116 g/mol. The van der Waals surface area contributed by atoms with E-state index in [1.54, 1.807) is 0 Å². The molecule has 0 aliphatic carbocycles. The van der Waals surface area contributed by atoms with Gasteiger partial charge in [0.15, 0.2) is 0 Å². The molecule has 1 atom stereocenters. The maximum absolute atomic E-state index is 5.16. The molecule has 0 aromatic carbocycles. The molecule has 0 saturated carbocycles. The Morgan fingerprint density at radius 1 is 1.71 bits per heavy atom. The second kappa shape index (κ2) is 2.63. The summed E-state index contributed by atoms with van der Waals surface area (Å²) in [4.78, 5) is 0. The predicted molar refractivity (Wildman–Crippen MR) is 35.6 cm³/mol. The van der Waals surface area contributed by atoms with Crippen LogP contribution in [0.1, 0.15) is 0 Å². The molecule has 1 aliphatic heterocycles. The van der Waals surface area contributed by atoms with Crippen LogP contribution in [0, 0.1) is 0 Å². The zero-order chi connectivity index (χ0) is 5.11. The summed E-state index contributed by atoms with van der Waals surface area (Å²) in [5.74, 6) is 1.18. The molecule has 40 valence electrons. The number of rotatable bonds is 0.